The molecule has 1 aromatic rings. The number of carbonyl (C=O) groups excluding carboxylic acids is 1. The van der Waals surface area contributed by atoms with Crippen molar-refractivity contribution in [2.24, 2.45) is 0 Å². The standard InChI is InChI=1S/C11H12Cl2O3/c1-16-11(15)5-4-10(14)8-6-7(12)2-3-9(8)13/h2-3,6,10,14H,4-5H2,1H3. The highest BCUT2D eigenvalue weighted by molar-refractivity contribution is 6.33. The smallest absolute Gasteiger partial charge is 0.305 e. The van der Waals surface area contributed by atoms with Gasteiger partial charge in [-0.25, -0.2) is 0 Å². The zero-order valence-corrected chi connectivity index (χ0v) is 10.3. The van der Waals surface area contributed by atoms with Gasteiger partial charge in [-0.15, -0.1) is 0 Å². The molecule has 1 N–H and O–H groups in total. The van der Waals surface area contributed by atoms with E-state index in [1.165, 1.54) is 7.11 Å². The summed E-state index contributed by atoms with van der Waals surface area (Å²) in [6.45, 7) is 0. The van der Waals surface area contributed by atoms with Gasteiger partial charge in [0, 0.05) is 22.0 Å². The Morgan fingerprint density at radius 1 is 1.50 bits per heavy atom. The molecular formula is C11H12Cl2O3. The van der Waals surface area contributed by atoms with E-state index >= 15 is 0 Å². The second-order valence-corrected chi connectivity index (χ2v) is 4.14. The number of aliphatic hydroxyl groups excluding tert-OH is 1. The van der Waals surface area contributed by atoms with Crippen molar-refractivity contribution >= 4 is 29.2 Å². The molecule has 3 nitrogen and oxygen atoms in total. The maximum Gasteiger partial charge on any atom is 0.305 e. The molecule has 0 fully saturated rings. The Morgan fingerprint density at radius 2 is 2.19 bits per heavy atom. The predicted molar refractivity (Wildman–Crippen MR) is 62.7 cm³/mol. The van der Waals surface area contributed by atoms with Crippen molar-refractivity contribution in [1.82, 2.24) is 0 Å². The highest BCUT2D eigenvalue weighted by atomic mass is 35.5. The molecule has 0 aliphatic heterocycles. The summed E-state index contributed by atoms with van der Waals surface area (Å²) in [7, 11) is 1.31. The first-order valence-electron chi connectivity index (χ1n) is 4.74. The summed E-state index contributed by atoms with van der Waals surface area (Å²) < 4.78 is 4.48. The van der Waals surface area contributed by atoms with E-state index in [9.17, 15) is 9.90 Å². The summed E-state index contributed by atoms with van der Waals surface area (Å²) in [5.41, 5.74) is 0.526. The molecule has 0 spiro atoms. The van der Waals surface area contributed by atoms with Crippen LogP contribution in [-0.4, -0.2) is 18.2 Å². The molecule has 0 radical (unpaired) electrons. The monoisotopic (exact) mass is 262 g/mol. The minimum absolute atomic E-state index is 0.139. The predicted octanol–water partition coefficient (Wildman–Crippen LogP) is 2.98. The Kier molecular flexibility index (Phi) is 5.06. The lowest BCUT2D eigenvalue weighted by atomic mass is 10.1. The molecule has 0 saturated heterocycles. The van der Waals surface area contributed by atoms with Gasteiger partial charge in [0.1, 0.15) is 0 Å². The van der Waals surface area contributed by atoms with Crippen LogP contribution in [0.25, 0.3) is 0 Å². The van der Waals surface area contributed by atoms with Crippen molar-refractivity contribution in [2.45, 2.75) is 18.9 Å². The lowest BCUT2D eigenvalue weighted by Gasteiger charge is -2.12. The molecule has 5 heteroatoms. The van der Waals surface area contributed by atoms with Crippen LogP contribution in [0.1, 0.15) is 24.5 Å². The van der Waals surface area contributed by atoms with E-state index in [0.717, 1.165) is 0 Å². The van der Waals surface area contributed by atoms with E-state index in [1.54, 1.807) is 18.2 Å². The van der Waals surface area contributed by atoms with Crippen LogP contribution >= 0.6 is 23.2 Å². The zero-order valence-electron chi connectivity index (χ0n) is 8.74. The van der Waals surface area contributed by atoms with Crippen molar-refractivity contribution in [3.63, 3.8) is 0 Å². The van der Waals surface area contributed by atoms with Crippen LogP contribution < -0.4 is 0 Å². The molecule has 0 amide bonds. The number of hydrogen-bond donors (Lipinski definition) is 1. The molecule has 1 aromatic carbocycles. The lowest BCUT2D eigenvalue weighted by Crippen LogP contribution is -2.05. The number of hydrogen-bond acceptors (Lipinski definition) is 3. The number of methoxy groups -OCH3 is 1. The van der Waals surface area contributed by atoms with Crippen molar-refractivity contribution < 1.29 is 14.6 Å². The Bertz CT molecular complexity index is 379. The van der Waals surface area contributed by atoms with Gasteiger partial charge in [0.05, 0.1) is 13.2 Å². The highest BCUT2D eigenvalue weighted by Crippen LogP contribution is 2.28. The van der Waals surface area contributed by atoms with Gasteiger partial charge in [-0.2, -0.15) is 0 Å². The molecule has 0 aliphatic carbocycles. The molecule has 0 saturated carbocycles. The van der Waals surface area contributed by atoms with Crippen LogP contribution in [0.3, 0.4) is 0 Å². The lowest BCUT2D eigenvalue weighted by molar-refractivity contribution is -0.141. The average molecular weight is 263 g/mol. The van der Waals surface area contributed by atoms with E-state index < -0.39 is 6.10 Å². The van der Waals surface area contributed by atoms with Crippen molar-refractivity contribution in [1.29, 1.82) is 0 Å². The Balaban J connectivity index is 2.68. The molecule has 1 atom stereocenters. The summed E-state index contributed by atoms with van der Waals surface area (Å²) in [6, 6.07) is 4.84. The maximum absolute atomic E-state index is 10.9. The largest absolute Gasteiger partial charge is 0.469 e. The Morgan fingerprint density at radius 3 is 2.81 bits per heavy atom. The Labute approximate surface area is 104 Å². The molecule has 16 heavy (non-hydrogen) atoms. The van der Waals surface area contributed by atoms with Crippen LogP contribution in [0, 0.1) is 0 Å². The van der Waals surface area contributed by atoms with Crippen LogP contribution in [0.15, 0.2) is 18.2 Å². The first kappa shape index (κ1) is 13.3. The fourth-order valence-corrected chi connectivity index (χ4v) is 1.71. The third-order valence-electron chi connectivity index (χ3n) is 2.17. The van der Waals surface area contributed by atoms with E-state index in [1.807, 2.05) is 0 Å². The SMILES string of the molecule is COC(=O)CCC(O)c1cc(Cl)ccc1Cl. The molecule has 0 heterocycles. The fourth-order valence-electron chi connectivity index (χ4n) is 1.28. The number of rotatable bonds is 4. The van der Waals surface area contributed by atoms with E-state index in [2.05, 4.69) is 4.74 Å². The molecule has 0 aromatic heterocycles. The van der Waals surface area contributed by atoms with Gasteiger partial charge in [0.15, 0.2) is 0 Å². The van der Waals surface area contributed by atoms with Gasteiger partial charge in [-0.1, -0.05) is 23.2 Å². The van der Waals surface area contributed by atoms with Crippen LogP contribution in [0.2, 0.25) is 10.0 Å². The van der Waals surface area contributed by atoms with Gasteiger partial charge in [-0.05, 0) is 24.6 Å². The van der Waals surface area contributed by atoms with Gasteiger partial charge >= 0.3 is 5.97 Å². The number of ether oxygens (including phenoxy) is 1. The first-order valence-corrected chi connectivity index (χ1v) is 5.50. The van der Waals surface area contributed by atoms with Crippen LogP contribution in [0.5, 0.6) is 0 Å². The fraction of sp³-hybridized carbons (Fsp3) is 0.364. The van der Waals surface area contributed by atoms with Crippen molar-refractivity contribution in [3.05, 3.63) is 33.8 Å². The minimum Gasteiger partial charge on any atom is -0.469 e. The van der Waals surface area contributed by atoms with Gasteiger partial charge in [0.2, 0.25) is 0 Å². The molecule has 0 bridgehead atoms. The third-order valence-corrected chi connectivity index (χ3v) is 2.75. The molecule has 0 aliphatic rings. The van der Waals surface area contributed by atoms with E-state index in [0.29, 0.717) is 15.6 Å². The minimum atomic E-state index is -0.815. The quantitative estimate of drug-likeness (QED) is 0.849. The number of carbonyl (C=O) groups is 1. The summed E-state index contributed by atoms with van der Waals surface area (Å²) in [5.74, 6) is -0.364. The number of esters is 1. The summed E-state index contributed by atoms with van der Waals surface area (Å²) in [5, 5.41) is 10.7. The molecule has 88 valence electrons. The second-order valence-electron chi connectivity index (χ2n) is 3.30. The first-order chi connectivity index (χ1) is 7.54. The zero-order chi connectivity index (χ0) is 12.1. The number of benzene rings is 1. The maximum atomic E-state index is 10.9. The molecular weight excluding hydrogens is 251 g/mol. The third kappa shape index (κ3) is 3.67. The van der Waals surface area contributed by atoms with Crippen molar-refractivity contribution in [2.75, 3.05) is 7.11 Å². The number of aliphatic hydroxyl groups is 1. The van der Waals surface area contributed by atoms with Gasteiger partial charge in [0.25, 0.3) is 0 Å². The van der Waals surface area contributed by atoms with E-state index in [-0.39, 0.29) is 18.8 Å². The van der Waals surface area contributed by atoms with Gasteiger partial charge < -0.3 is 9.84 Å². The highest BCUT2D eigenvalue weighted by Gasteiger charge is 2.14. The summed E-state index contributed by atoms with van der Waals surface area (Å²) in [6.07, 6.45) is -0.418. The molecule has 1 unspecified atom stereocenters. The van der Waals surface area contributed by atoms with Crippen LogP contribution in [-0.2, 0) is 9.53 Å². The average Bonchev–Trinajstić information content (AvgIpc) is 2.28. The topological polar surface area (TPSA) is 46.5 Å². The summed E-state index contributed by atoms with van der Waals surface area (Å²) in [4.78, 5) is 10.9. The van der Waals surface area contributed by atoms with E-state index in [4.69, 9.17) is 23.2 Å². The molecule has 1 rings (SSSR count). The van der Waals surface area contributed by atoms with Crippen molar-refractivity contribution in [3.8, 4) is 0 Å². The summed E-state index contributed by atoms with van der Waals surface area (Å²) >= 11 is 11.7. The normalized spacial score (nSPS) is 12.2. The van der Waals surface area contributed by atoms with Crippen LogP contribution in [0.4, 0.5) is 0 Å². The van der Waals surface area contributed by atoms with Gasteiger partial charge in [-0.3, -0.25) is 4.79 Å². The number of halogens is 2. The second kappa shape index (κ2) is 6.09. The Hall–Kier alpha value is -0.770.